The third-order valence-corrected chi connectivity index (χ3v) is 8.84. The van der Waals surface area contributed by atoms with Crippen molar-refractivity contribution in [2.45, 2.75) is 30.0 Å². The summed E-state index contributed by atoms with van der Waals surface area (Å²) in [5.74, 6) is 0.354. The van der Waals surface area contributed by atoms with Crippen LogP contribution in [0, 0.1) is 0 Å². The molecule has 0 aliphatic rings. The van der Waals surface area contributed by atoms with E-state index >= 15 is 0 Å². The van der Waals surface area contributed by atoms with E-state index in [1.165, 1.54) is 22.3 Å². The number of aliphatic hydroxyl groups excluding tert-OH is 1. The monoisotopic (exact) mass is 583 g/mol. The first-order valence-corrected chi connectivity index (χ1v) is 15.1. The lowest BCUT2D eigenvalue weighted by Crippen LogP contribution is -2.48. The van der Waals surface area contributed by atoms with Gasteiger partial charge in [-0.25, -0.2) is 12.4 Å². The number of methoxy groups -OCH3 is 1. The lowest BCUT2D eigenvalue weighted by atomic mass is 10.00. The Morgan fingerprint density at radius 1 is 0.881 bits per heavy atom. The molecule has 1 heterocycles. The van der Waals surface area contributed by atoms with Crippen molar-refractivity contribution in [2.24, 2.45) is 0 Å². The summed E-state index contributed by atoms with van der Waals surface area (Å²) in [6, 6.07) is 31.5. The molecule has 3 N–H and O–H groups in total. The summed E-state index contributed by atoms with van der Waals surface area (Å²) in [7, 11) is -2.23. The molecule has 0 unspecified atom stereocenters. The second kappa shape index (κ2) is 13.0. The lowest BCUT2D eigenvalue weighted by molar-refractivity contribution is 0.0831. The van der Waals surface area contributed by atoms with E-state index in [-0.39, 0.29) is 11.4 Å². The largest absolute Gasteiger partial charge is 0.497 e. The molecule has 0 radical (unpaired) electrons. The Labute approximate surface area is 245 Å². The number of aliphatic hydroxyl groups is 1. The summed E-state index contributed by atoms with van der Waals surface area (Å²) in [4.78, 5) is 13.8. The fourth-order valence-electron chi connectivity index (χ4n) is 4.94. The normalized spacial score (nSPS) is 13.0. The van der Waals surface area contributed by atoms with Gasteiger partial charge in [0, 0.05) is 30.2 Å². The van der Waals surface area contributed by atoms with Crippen molar-refractivity contribution in [1.29, 1.82) is 0 Å². The van der Waals surface area contributed by atoms with E-state index in [0.717, 1.165) is 16.9 Å². The molecule has 1 aromatic heterocycles. The van der Waals surface area contributed by atoms with Crippen LogP contribution in [0.5, 0.6) is 5.75 Å². The topological polar surface area (TPSA) is 110 Å². The number of benzene rings is 4. The minimum absolute atomic E-state index is 0.157. The third-order valence-electron chi connectivity index (χ3n) is 7.14. The van der Waals surface area contributed by atoms with Gasteiger partial charge in [-0.2, -0.15) is 0 Å². The highest BCUT2D eigenvalue weighted by Crippen LogP contribution is 2.25. The summed E-state index contributed by atoms with van der Waals surface area (Å²) in [6.07, 6.45) is 0.971. The first-order chi connectivity index (χ1) is 20.4. The zero-order valence-corrected chi connectivity index (χ0v) is 24.0. The van der Waals surface area contributed by atoms with Crippen molar-refractivity contribution in [1.82, 2.24) is 14.6 Å². The van der Waals surface area contributed by atoms with Gasteiger partial charge in [0.05, 0.1) is 29.7 Å². The van der Waals surface area contributed by atoms with Crippen LogP contribution < -0.4 is 15.4 Å². The SMILES string of the molecule is COc1cccc(CNC[C@@H](O)[C@H](Cc2ccccc2)NC(=O)c2cccc3c2ccn3S(=O)(=O)c2ccccc2)c1. The molecular formula is C33H33N3O5S. The molecule has 1 amide bonds. The van der Waals surface area contributed by atoms with Crippen LogP contribution >= 0.6 is 0 Å². The lowest BCUT2D eigenvalue weighted by Gasteiger charge is -2.25. The molecule has 216 valence electrons. The van der Waals surface area contributed by atoms with Gasteiger partial charge in [0.15, 0.2) is 0 Å². The molecule has 0 aliphatic heterocycles. The molecule has 0 bridgehead atoms. The minimum Gasteiger partial charge on any atom is -0.497 e. The molecule has 42 heavy (non-hydrogen) atoms. The maximum Gasteiger partial charge on any atom is 0.268 e. The highest BCUT2D eigenvalue weighted by atomic mass is 32.2. The van der Waals surface area contributed by atoms with Gasteiger partial charge in [0.25, 0.3) is 15.9 Å². The van der Waals surface area contributed by atoms with Gasteiger partial charge in [0.2, 0.25) is 0 Å². The Morgan fingerprint density at radius 3 is 2.31 bits per heavy atom. The molecule has 0 spiro atoms. The van der Waals surface area contributed by atoms with Crippen molar-refractivity contribution in [3.63, 3.8) is 0 Å². The predicted molar refractivity (Wildman–Crippen MR) is 163 cm³/mol. The number of fused-ring (bicyclic) bond motifs is 1. The number of hydrogen-bond acceptors (Lipinski definition) is 6. The summed E-state index contributed by atoms with van der Waals surface area (Å²) < 4.78 is 33.1. The van der Waals surface area contributed by atoms with Crippen LogP contribution in [-0.2, 0) is 23.0 Å². The van der Waals surface area contributed by atoms with Crippen LogP contribution in [0.1, 0.15) is 21.5 Å². The van der Waals surface area contributed by atoms with E-state index in [2.05, 4.69) is 10.6 Å². The van der Waals surface area contributed by atoms with Crippen molar-refractivity contribution in [3.05, 3.63) is 132 Å². The van der Waals surface area contributed by atoms with Crippen LogP contribution in [0.25, 0.3) is 10.9 Å². The summed E-state index contributed by atoms with van der Waals surface area (Å²) in [6.45, 7) is 0.758. The Balaban J connectivity index is 1.36. The Morgan fingerprint density at radius 2 is 1.57 bits per heavy atom. The molecule has 0 fully saturated rings. The molecule has 5 aromatic rings. The molecule has 8 nitrogen and oxygen atoms in total. The van der Waals surface area contributed by atoms with Crippen molar-refractivity contribution < 1.29 is 23.1 Å². The van der Waals surface area contributed by atoms with Crippen LogP contribution in [0.3, 0.4) is 0 Å². The van der Waals surface area contributed by atoms with Gasteiger partial charge in [-0.15, -0.1) is 0 Å². The smallest absolute Gasteiger partial charge is 0.268 e. The standard InChI is InChI=1S/C33H33N3O5S/c1-41-26-13-8-12-25(20-26)22-34-23-32(37)30(21-24-10-4-2-5-11-24)35-33(38)29-16-9-17-31-28(29)18-19-36(31)42(39,40)27-14-6-3-7-15-27/h2-20,30,32,34,37H,21-23H2,1H3,(H,35,38)/t30-,32+/m0/s1. The van der Waals surface area contributed by atoms with Crippen LogP contribution in [0.15, 0.2) is 120 Å². The van der Waals surface area contributed by atoms with Gasteiger partial charge in [-0.05, 0) is 60.0 Å². The predicted octanol–water partition coefficient (Wildman–Crippen LogP) is 4.38. The summed E-state index contributed by atoms with van der Waals surface area (Å²) in [5, 5.41) is 18.0. The van der Waals surface area contributed by atoms with E-state index in [0.29, 0.717) is 29.4 Å². The number of carbonyl (C=O) groups excluding carboxylic acids is 1. The number of carbonyl (C=O) groups is 1. The van der Waals surface area contributed by atoms with Gasteiger partial charge in [-0.3, -0.25) is 4.79 Å². The number of rotatable bonds is 12. The first kappa shape index (κ1) is 29.1. The van der Waals surface area contributed by atoms with E-state index in [4.69, 9.17) is 4.74 Å². The molecule has 2 atom stereocenters. The molecular weight excluding hydrogens is 550 g/mol. The molecule has 9 heteroatoms. The van der Waals surface area contributed by atoms with Crippen LogP contribution in [0.2, 0.25) is 0 Å². The quantitative estimate of drug-likeness (QED) is 0.201. The van der Waals surface area contributed by atoms with Gasteiger partial charge < -0.3 is 20.5 Å². The zero-order chi connectivity index (χ0) is 29.5. The Kier molecular flexibility index (Phi) is 9.02. The van der Waals surface area contributed by atoms with E-state index in [1.54, 1.807) is 49.6 Å². The van der Waals surface area contributed by atoms with Crippen molar-refractivity contribution >= 4 is 26.8 Å². The summed E-state index contributed by atoms with van der Waals surface area (Å²) >= 11 is 0. The van der Waals surface area contributed by atoms with E-state index < -0.39 is 28.1 Å². The van der Waals surface area contributed by atoms with Crippen LogP contribution in [0.4, 0.5) is 0 Å². The second-order valence-electron chi connectivity index (χ2n) is 9.99. The highest BCUT2D eigenvalue weighted by molar-refractivity contribution is 7.90. The second-order valence-corrected chi connectivity index (χ2v) is 11.8. The van der Waals surface area contributed by atoms with E-state index in [1.807, 2.05) is 54.6 Å². The summed E-state index contributed by atoms with van der Waals surface area (Å²) in [5.41, 5.74) is 2.69. The maximum absolute atomic E-state index is 13.6. The zero-order valence-electron chi connectivity index (χ0n) is 23.2. The van der Waals surface area contributed by atoms with Crippen molar-refractivity contribution in [3.8, 4) is 5.75 Å². The Hall–Kier alpha value is -4.44. The van der Waals surface area contributed by atoms with Gasteiger partial charge in [-0.1, -0.05) is 66.7 Å². The van der Waals surface area contributed by atoms with Gasteiger partial charge >= 0.3 is 0 Å². The molecule has 4 aromatic carbocycles. The fourth-order valence-corrected chi connectivity index (χ4v) is 6.31. The molecule has 0 saturated heterocycles. The molecule has 5 rings (SSSR count). The van der Waals surface area contributed by atoms with Gasteiger partial charge in [0.1, 0.15) is 5.75 Å². The maximum atomic E-state index is 13.6. The number of hydrogen-bond donors (Lipinski definition) is 3. The highest BCUT2D eigenvalue weighted by Gasteiger charge is 2.25. The Bertz CT molecular complexity index is 1750. The number of ether oxygens (including phenoxy) is 1. The molecule has 0 aliphatic carbocycles. The average molecular weight is 584 g/mol. The minimum atomic E-state index is -3.85. The number of amides is 1. The van der Waals surface area contributed by atoms with Crippen molar-refractivity contribution in [2.75, 3.05) is 13.7 Å². The average Bonchev–Trinajstić information content (AvgIpc) is 3.47. The first-order valence-electron chi connectivity index (χ1n) is 13.6. The number of nitrogens with one attached hydrogen (secondary N) is 2. The molecule has 0 saturated carbocycles. The third kappa shape index (κ3) is 6.54. The number of nitrogens with zero attached hydrogens (tertiary/aromatic N) is 1. The van der Waals surface area contributed by atoms with Crippen LogP contribution in [-0.4, -0.2) is 49.2 Å². The fraction of sp³-hybridized carbons (Fsp3) is 0.182. The number of aromatic nitrogens is 1. The van der Waals surface area contributed by atoms with E-state index in [9.17, 15) is 18.3 Å².